The van der Waals surface area contributed by atoms with Gasteiger partial charge in [-0.05, 0) is 60.4 Å². The highest BCUT2D eigenvalue weighted by molar-refractivity contribution is 7.99. The van der Waals surface area contributed by atoms with E-state index in [-0.39, 0.29) is 44.6 Å². The van der Waals surface area contributed by atoms with Crippen molar-refractivity contribution in [3.8, 4) is 5.69 Å². The molecule has 1 aliphatic heterocycles. The summed E-state index contributed by atoms with van der Waals surface area (Å²) in [4.78, 5) is 33.0. The molecule has 1 amide bonds. The standard InChI is InChI=1S/C28H27F6N3O2S/c1-25(2)11-17-12-26(3,14-25)15-36(17)22(38)13-40-24-35-20-7-5-4-6-18(20)23(39)37(24)21-10-16(27(29,30)31)8-9-19(21)28(32,33)34/h4-10,17H,11-15H2,1-3H3/t17-,26+/m0/s1. The zero-order valence-electron chi connectivity index (χ0n) is 22.0. The first kappa shape index (κ1) is 28.5. The Balaban J connectivity index is 1.58. The summed E-state index contributed by atoms with van der Waals surface area (Å²) in [7, 11) is 0. The minimum Gasteiger partial charge on any atom is -0.338 e. The first-order chi connectivity index (χ1) is 18.5. The van der Waals surface area contributed by atoms with Gasteiger partial charge in [0.15, 0.2) is 5.16 Å². The van der Waals surface area contributed by atoms with Gasteiger partial charge in [0.05, 0.1) is 33.5 Å². The lowest BCUT2D eigenvalue weighted by atomic mass is 9.65. The number of halogens is 6. The van der Waals surface area contributed by atoms with Crippen LogP contribution in [0.15, 0.2) is 52.4 Å². The third kappa shape index (κ3) is 5.34. The molecule has 214 valence electrons. The molecule has 5 rings (SSSR count). The summed E-state index contributed by atoms with van der Waals surface area (Å²) in [5.74, 6) is -0.497. The monoisotopic (exact) mass is 583 g/mol. The molecule has 5 nitrogen and oxygen atoms in total. The molecule has 12 heteroatoms. The number of thioether (sulfide) groups is 1. The fraction of sp³-hybridized carbons (Fsp3) is 0.464. The van der Waals surface area contributed by atoms with Gasteiger partial charge in [-0.15, -0.1) is 0 Å². The van der Waals surface area contributed by atoms with Crippen molar-refractivity contribution in [2.45, 2.75) is 63.6 Å². The lowest BCUT2D eigenvalue weighted by Crippen LogP contribution is -2.38. The number of likely N-dealkylation sites (tertiary alicyclic amines) is 1. The van der Waals surface area contributed by atoms with Gasteiger partial charge in [-0.1, -0.05) is 44.7 Å². The zero-order valence-corrected chi connectivity index (χ0v) is 22.8. The van der Waals surface area contributed by atoms with Gasteiger partial charge in [0.25, 0.3) is 5.56 Å². The van der Waals surface area contributed by atoms with Crippen LogP contribution < -0.4 is 5.56 Å². The van der Waals surface area contributed by atoms with E-state index >= 15 is 0 Å². The normalized spacial score (nSPS) is 22.6. The predicted octanol–water partition coefficient (Wildman–Crippen LogP) is 6.94. The minimum atomic E-state index is -5.06. The average molecular weight is 584 g/mol. The van der Waals surface area contributed by atoms with E-state index in [1.807, 2.05) is 0 Å². The Kier molecular flexibility index (Phi) is 6.79. The molecule has 0 spiro atoms. The molecular formula is C28H27F6N3O2S. The number of nitrogens with zero attached hydrogens (tertiary/aromatic N) is 3. The predicted molar refractivity (Wildman–Crippen MR) is 139 cm³/mol. The van der Waals surface area contributed by atoms with Crippen LogP contribution in [-0.4, -0.2) is 38.7 Å². The van der Waals surface area contributed by atoms with Crippen molar-refractivity contribution in [2.24, 2.45) is 10.8 Å². The van der Waals surface area contributed by atoms with E-state index in [2.05, 4.69) is 25.8 Å². The Labute approximate surface area is 230 Å². The summed E-state index contributed by atoms with van der Waals surface area (Å²) >= 11 is 0.744. The van der Waals surface area contributed by atoms with Crippen molar-refractivity contribution in [2.75, 3.05) is 12.3 Å². The van der Waals surface area contributed by atoms with Gasteiger partial charge < -0.3 is 4.90 Å². The van der Waals surface area contributed by atoms with Gasteiger partial charge in [0.1, 0.15) is 0 Å². The van der Waals surface area contributed by atoms with Gasteiger partial charge in [-0.3, -0.25) is 14.2 Å². The number of fused-ring (bicyclic) bond motifs is 3. The number of para-hydroxylation sites is 1. The van der Waals surface area contributed by atoms with Gasteiger partial charge in [0, 0.05) is 12.6 Å². The third-order valence-electron chi connectivity index (χ3n) is 7.68. The van der Waals surface area contributed by atoms with E-state index in [0.717, 1.165) is 31.0 Å². The average Bonchev–Trinajstić information content (AvgIpc) is 3.09. The van der Waals surface area contributed by atoms with Crippen LogP contribution in [0.4, 0.5) is 26.3 Å². The van der Waals surface area contributed by atoms with Crippen molar-refractivity contribution in [1.82, 2.24) is 14.5 Å². The maximum Gasteiger partial charge on any atom is 0.418 e. The number of hydrogen-bond donors (Lipinski definition) is 0. The highest BCUT2D eigenvalue weighted by Gasteiger charge is 2.50. The molecule has 3 aromatic rings. The number of alkyl halides is 6. The SMILES string of the molecule is CC1(C)C[C@H]2C[C@@](C)(CN2C(=O)CSc2nc3ccccc3c(=O)n2-c2cc(C(F)(F)F)ccc2C(F)(F)F)C1. The maximum atomic E-state index is 14.0. The van der Waals surface area contributed by atoms with E-state index < -0.39 is 34.7 Å². The van der Waals surface area contributed by atoms with Crippen molar-refractivity contribution < 1.29 is 31.1 Å². The Hall–Kier alpha value is -3.02. The summed E-state index contributed by atoms with van der Waals surface area (Å²) < 4.78 is 83.2. The highest BCUT2D eigenvalue weighted by Crippen LogP contribution is 2.52. The molecule has 1 aliphatic carbocycles. The Morgan fingerprint density at radius 3 is 2.40 bits per heavy atom. The molecule has 2 aromatic carbocycles. The summed E-state index contributed by atoms with van der Waals surface area (Å²) in [6, 6.07) is 6.85. The number of hydrogen-bond acceptors (Lipinski definition) is 4. The zero-order chi connectivity index (χ0) is 29.3. The number of aromatic nitrogens is 2. The molecule has 2 fully saturated rings. The highest BCUT2D eigenvalue weighted by atomic mass is 32.2. The van der Waals surface area contributed by atoms with Crippen LogP contribution in [0.2, 0.25) is 0 Å². The number of benzene rings is 2. The summed E-state index contributed by atoms with van der Waals surface area (Å²) in [5.41, 5.74) is -4.55. The Bertz CT molecular complexity index is 1550. The van der Waals surface area contributed by atoms with Crippen LogP contribution in [0.1, 0.15) is 51.2 Å². The van der Waals surface area contributed by atoms with E-state index in [4.69, 9.17) is 0 Å². The second-order valence-corrected chi connectivity index (χ2v) is 12.7. The molecule has 1 saturated carbocycles. The van der Waals surface area contributed by atoms with E-state index in [9.17, 15) is 35.9 Å². The van der Waals surface area contributed by atoms with Crippen molar-refractivity contribution in [3.05, 3.63) is 63.9 Å². The van der Waals surface area contributed by atoms with Gasteiger partial charge in [0.2, 0.25) is 5.91 Å². The van der Waals surface area contributed by atoms with Crippen molar-refractivity contribution in [3.63, 3.8) is 0 Å². The smallest absolute Gasteiger partial charge is 0.338 e. The summed E-state index contributed by atoms with van der Waals surface area (Å²) in [6.45, 7) is 7.00. The molecule has 2 aliphatic rings. The number of carbonyl (C=O) groups excluding carboxylic acids is 1. The second kappa shape index (κ2) is 9.53. The van der Waals surface area contributed by atoms with E-state index in [0.29, 0.717) is 29.3 Å². The van der Waals surface area contributed by atoms with Gasteiger partial charge in [-0.2, -0.15) is 26.3 Å². The van der Waals surface area contributed by atoms with Crippen LogP contribution in [0.3, 0.4) is 0 Å². The summed E-state index contributed by atoms with van der Waals surface area (Å²) in [6.07, 6.45) is -7.39. The van der Waals surface area contributed by atoms with Crippen LogP contribution in [-0.2, 0) is 17.1 Å². The van der Waals surface area contributed by atoms with Crippen LogP contribution >= 0.6 is 11.8 Å². The van der Waals surface area contributed by atoms with Crippen LogP contribution in [0.5, 0.6) is 0 Å². The van der Waals surface area contributed by atoms with Crippen molar-refractivity contribution >= 4 is 28.6 Å². The molecule has 0 unspecified atom stereocenters. The lowest BCUT2D eigenvalue weighted by molar-refractivity contribution is -0.141. The molecule has 1 saturated heterocycles. The van der Waals surface area contributed by atoms with E-state index in [1.54, 1.807) is 11.0 Å². The number of amides is 1. The summed E-state index contributed by atoms with van der Waals surface area (Å²) in [5, 5.41) is -0.359. The number of rotatable bonds is 4. The first-order valence-electron chi connectivity index (χ1n) is 12.7. The minimum absolute atomic E-state index is 0.0221. The quantitative estimate of drug-likeness (QED) is 0.190. The molecule has 2 heterocycles. The molecule has 2 atom stereocenters. The van der Waals surface area contributed by atoms with Crippen LogP contribution in [0, 0.1) is 10.8 Å². The molecule has 40 heavy (non-hydrogen) atoms. The number of carbonyl (C=O) groups is 1. The lowest BCUT2D eigenvalue weighted by Gasteiger charge is -2.39. The first-order valence-corrected chi connectivity index (χ1v) is 13.7. The van der Waals surface area contributed by atoms with Gasteiger partial charge >= 0.3 is 12.4 Å². The molecule has 0 radical (unpaired) electrons. The third-order valence-corrected chi connectivity index (χ3v) is 8.60. The fourth-order valence-electron chi connectivity index (χ4n) is 6.52. The fourth-order valence-corrected chi connectivity index (χ4v) is 7.41. The Morgan fingerprint density at radius 1 is 1.02 bits per heavy atom. The van der Waals surface area contributed by atoms with E-state index in [1.165, 1.54) is 18.2 Å². The Morgan fingerprint density at radius 2 is 1.73 bits per heavy atom. The molecule has 1 aromatic heterocycles. The topological polar surface area (TPSA) is 55.2 Å². The van der Waals surface area contributed by atoms with Gasteiger partial charge in [-0.25, -0.2) is 4.98 Å². The second-order valence-electron chi connectivity index (χ2n) is 11.8. The maximum absolute atomic E-state index is 14.0. The largest absolute Gasteiger partial charge is 0.418 e. The molecule has 2 bridgehead atoms. The van der Waals surface area contributed by atoms with Crippen LogP contribution in [0.25, 0.3) is 16.6 Å². The van der Waals surface area contributed by atoms with Crippen molar-refractivity contribution in [1.29, 1.82) is 0 Å². The molecular weight excluding hydrogens is 556 g/mol. The molecule has 0 N–H and O–H groups in total.